The van der Waals surface area contributed by atoms with E-state index in [-0.39, 0.29) is 12.5 Å². The fourth-order valence-electron chi connectivity index (χ4n) is 2.33. The summed E-state index contributed by atoms with van der Waals surface area (Å²) in [6.45, 7) is 0.729. The van der Waals surface area contributed by atoms with Gasteiger partial charge in [0, 0.05) is 12.1 Å². The molecule has 1 N–H and O–H groups in total. The summed E-state index contributed by atoms with van der Waals surface area (Å²) >= 11 is 1.34. The number of para-hydroxylation sites is 1. The van der Waals surface area contributed by atoms with Gasteiger partial charge in [-0.3, -0.25) is 9.69 Å². The monoisotopic (exact) mass is 345 g/mol. The average molecular weight is 345 g/mol. The molecule has 1 aromatic heterocycles. The lowest BCUT2D eigenvalue weighted by molar-refractivity contribution is -0.117. The molecule has 1 heterocycles. The molecule has 0 aliphatic heterocycles. The van der Waals surface area contributed by atoms with E-state index in [9.17, 15) is 4.79 Å². The zero-order valence-corrected chi connectivity index (χ0v) is 14.6. The Hall–Kier alpha value is -2.56. The van der Waals surface area contributed by atoms with Crippen LogP contribution in [0.3, 0.4) is 0 Å². The molecule has 1 amide bonds. The van der Waals surface area contributed by atoms with E-state index in [1.807, 2.05) is 30.1 Å². The predicted octanol–water partition coefficient (Wildman–Crippen LogP) is 2.71. The molecule has 0 atom stereocenters. The van der Waals surface area contributed by atoms with Gasteiger partial charge in [0.1, 0.15) is 11.1 Å². The number of carbonyl (C=O) groups excluding carboxylic acids is 1. The predicted molar refractivity (Wildman–Crippen MR) is 93.5 cm³/mol. The van der Waals surface area contributed by atoms with Gasteiger partial charge in [-0.15, -0.1) is 11.3 Å². The molecule has 126 valence electrons. The Balaban J connectivity index is 1.99. The van der Waals surface area contributed by atoms with Crippen LogP contribution >= 0.6 is 11.3 Å². The van der Waals surface area contributed by atoms with Crippen LogP contribution in [-0.4, -0.2) is 38.6 Å². The van der Waals surface area contributed by atoms with Crippen molar-refractivity contribution in [3.8, 4) is 17.6 Å². The number of likely N-dealkylation sites (N-methyl/N-ethyl adjacent to an activating group) is 1. The van der Waals surface area contributed by atoms with Crippen molar-refractivity contribution in [1.29, 1.82) is 5.26 Å². The number of amides is 1. The van der Waals surface area contributed by atoms with Crippen LogP contribution in [0.1, 0.15) is 11.1 Å². The molecule has 7 heteroatoms. The largest absolute Gasteiger partial charge is 0.493 e. The minimum Gasteiger partial charge on any atom is -0.493 e. The van der Waals surface area contributed by atoms with Crippen LogP contribution < -0.4 is 14.8 Å². The number of methoxy groups -OCH3 is 2. The highest BCUT2D eigenvalue weighted by Gasteiger charge is 2.14. The van der Waals surface area contributed by atoms with Gasteiger partial charge in [0.15, 0.2) is 11.5 Å². The molecule has 1 aromatic carbocycles. The van der Waals surface area contributed by atoms with E-state index in [0.29, 0.717) is 28.6 Å². The van der Waals surface area contributed by atoms with Gasteiger partial charge in [0.25, 0.3) is 0 Å². The minimum absolute atomic E-state index is 0.168. The SMILES string of the molecule is COc1cccc(CN(C)CC(=O)Nc2sccc2C#N)c1OC. The molecule has 2 rings (SSSR count). The molecule has 0 saturated carbocycles. The number of nitrogens with zero attached hydrogens (tertiary/aromatic N) is 2. The van der Waals surface area contributed by atoms with Gasteiger partial charge >= 0.3 is 0 Å². The summed E-state index contributed by atoms with van der Waals surface area (Å²) in [7, 11) is 5.03. The van der Waals surface area contributed by atoms with E-state index in [4.69, 9.17) is 14.7 Å². The molecule has 2 aromatic rings. The molecule has 0 bridgehead atoms. The number of hydrogen-bond acceptors (Lipinski definition) is 6. The number of nitrogens with one attached hydrogen (secondary N) is 1. The third-order valence-electron chi connectivity index (χ3n) is 3.38. The highest BCUT2D eigenvalue weighted by molar-refractivity contribution is 7.14. The number of hydrogen-bond donors (Lipinski definition) is 1. The molecule has 6 nitrogen and oxygen atoms in total. The van der Waals surface area contributed by atoms with Crippen LogP contribution in [0.25, 0.3) is 0 Å². The zero-order chi connectivity index (χ0) is 17.5. The molecule has 0 spiro atoms. The Morgan fingerprint density at radius 2 is 2.12 bits per heavy atom. The highest BCUT2D eigenvalue weighted by atomic mass is 32.1. The fraction of sp³-hybridized carbons (Fsp3) is 0.294. The normalized spacial score (nSPS) is 10.3. The van der Waals surface area contributed by atoms with Gasteiger partial charge in [-0.1, -0.05) is 12.1 Å². The standard InChI is InChI=1S/C17H19N3O3S/c1-20(10-13-5-4-6-14(22-2)16(13)23-3)11-15(21)19-17-12(9-18)7-8-24-17/h4-8H,10-11H2,1-3H3,(H,19,21). The highest BCUT2D eigenvalue weighted by Crippen LogP contribution is 2.31. The Bertz CT molecular complexity index is 752. The molecule has 0 unspecified atom stereocenters. The summed E-state index contributed by atoms with van der Waals surface area (Å²) in [4.78, 5) is 14.0. The molecule has 24 heavy (non-hydrogen) atoms. The Labute approximate surface area is 145 Å². The van der Waals surface area contributed by atoms with Crippen molar-refractivity contribution in [3.05, 3.63) is 40.8 Å². The number of anilines is 1. The van der Waals surface area contributed by atoms with Crippen molar-refractivity contribution < 1.29 is 14.3 Å². The third kappa shape index (κ3) is 4.25. The Morgan fingerprint density at radius 1 is 1.33 bits per heavy atom. The van der Waals surface area contributed by atoms with Crippen molar-refractivity contribution in [1.82, 2.24) is 4.90 Å². The molecular formula is C17H19N3O3S. The molecule has 0 fully saturated rings. The average Bonchev–Trinajstić information content (AvgIpc) is 3.01. The van der Waals surface area contributed by atoms with Crippen molar-refractivity contribution in [2.24, 2.45) is 0 Å². The van der Waals surface area contributed by atoms with Crippen molar-refractivity contribution in [2.75, 3.05) is 33.1 Å². The van der Waals surface area contributed by atoms with Crippen LogP contribution in [0.2, 0.25) is 0 Å². The summed E-state index contributed by atoms with van der Waals surface area (Å²) < 4.78 is 10.7. The third-order valence-corrected chi connectivity index (χ3v) is 4.21. The van der Waals surface area contributed by atoms with Crippen molar-refractivity contribution in [2.45, 2.75) is 6.54 Å². The summed E-state index contributed by atoms with van der Waals surface area (Å²) in [6.07, 6.45) is 0. The first-order valence-electron chi connectivity index (χ1n) is 7.25. The first-order chi connectivity index (χ1) is 11.6. The van der Waals surface area contributed by atoms with Crippen molar-refractivity contribution >= 4 is 22.2 Å². The van der Waals surface area contributed by atoms with Gasteiger partial charge in [-0.05, 0) is 24.6 Å². The summed E-state index contributed by atoms with van der Waals surface area (Å²) in [5, 5.41) is 14.1. The number of benzene rings is 1. The topological polar surface area (TPSA) is 74.6 Å². The van der Waals surface area contributed by atoms with E-state index in [1.165, 1.54) is 11.3 Å². The lowest BCUT2D eigenvalue weighted by Crippen LogP contribution is -2.29. The van der Waals surface area contributed by atoms with E-state index in [0.717, 1.165) is 5.56 Å². The molecule has 0 aliphatic carbocycles. The van der Waals surface area contributed by atoms with Crippen LogP contribution in [0.5, 0.6) is 11.5 Å². The molecule has 0 aliphatic rings. The van der Waals surface area contributed by atoms with E-state index in [2.05, 4.69) is 11.4 Å². The second-order valence-corrected chi connectivity index (χ2v) is 6.06. The smallest absolute Gasteiger partial charge is 0.239 e. The van der Waals surface area contributed by atoms with E-state index < -0.39 is 0 Å². The summed E-state index contributed by atoms with van der Waals surface area (Å²) in [5.74, 6) is 1.15. The Morgan fingerprint density at radius 3 is 2.79 bits per heavy atom. The summed E-state index contributed by atoms with van der Waals surface area (Å²) in [6, 6.07) is 9.39. The Kier molecular flexibility index (Phi) is 6.18. The van der Waals surface area contributed by atoms with E-state index in [1.54, 1.807) is 25.7 Å². The second-order valence-electron chi connectivity index (χ2n) is 5.15. The van der Waals surface area contributed by atoms with Gasteiger partial charge in [0.2, 0.25) is 5.91 Å². The van der Waals surface area contributed by atoms with Crippen molar-refractivity contribution in [3.63, 3.8) is 0 Å². The number of rotatable bonds is 7. The number of ether oxygens (including phenoxy) is 2. The number of thiophene rings is 1. The zero-order valence-electron chi connectivity index (χ0n) is 13.8. The lowest BCUT2D eigenvalue weighted by Gasteiger charge is -2.19. The van der Waals surface area contributed by atoms with Gasteiger partial charge in [-0.2, -0.15) is 5.26 Å². The molecule has 0 saturated heterocycles. The maximum atomic E-state index is 12.1. The van der Waals surface area contributed by atoms with Crippen LogP contribution in [0.15, 0.2) is 29.6 Å². The molecular weight excluding hydrogens is 326 g/mol. The van der Waals surface area contributed by atoms with Gasteiger partial charge < -0.3 is 14.8 Å². The maximum absolute atomic E-state index is 12.1. The van der Waals surface area contributed by atoms with Gasteiger partial charge in [0.05, 0.1) is 26.3 Å². The minimum atomic E-state index is -0.168. The lowest BCUT2D eigenvalue weighted by atomic mass is 10.1. The summed E-state index contributed by atoms with van der Waals surface area (Å²) in [5.41, 5.74) is 1.41. The molecule has 0 radical (unpaired) electrons. The van der Waals surface area contributed by atoms with Gasteiger partial charge in [-0.25, -0.2) is 0 Å². The second kappa shape index (κ2) is 8.34. The van der Waals surface area contributed by atoms with Crippen LogP contribution in [0.4, 0.5) is 5.00 Å². The van der Waals surface area contributed by atoms with Crippen LogP contribution in [0, 0.1) is 11.3 Å². The first kappa shape index (κ1) is 17.8. The number of carbonyl (C=O) groups is 1. The van der Waals surface area contributed by atoms with Crippen LogP contribution in [-0.2, 0) is 11.3 Å². The fourth-order valence-corrected chi connectivity index (χ4v) is 3.08. The van der Waals surface area contributed by atoms with E-state index >= 15 is 0 Å². The first-order valence-corrected chi connectivity index (χ1v) is 8.12. The quantitative estimate of drug-likeness (QED) is 0.835. The maximum Gasteiger partial charge on any atom is 0.239 e. The number of nitriles is 1.